The largest absolute Gasteiger partial charge is 0.492 e. The molecule has 16 nitrogen and oxygen atoms in total. The second-order valence-electron chi connectivity index (χ2n) is 44.5. The molecule has 12 heterocycles. The fourth-order valence-corrected chi connectivity index (χ4v) is 24.4. The lowest BCUT2D eigenvalue weighted by molar-refractivity contribution is -0.195. The first kappa shape index (κ1) is 113. The minimum atomic E-state index is -4.76. The van der Waals surface area contributed by atoms with E-state index in [0.29, 0.717) is 110 Å². The standard InChI is InChI=1S/C29H35Cl2F2N3O.C29H35Cl2FN2O2.C29H33F6N3O.C29H35F3N2O2.CH4/c1-5-18-14-35(15-18)8-9-37-20-12-23(30)26(24(31)13-20)28-27-22(10-17(2)36(28)16-29(3,4)33)21-11-19(32)6-7-25(21)34-27;1-5-19-15-33(16-19)10-11-35-20-13-23(30)26(24(31)14-20)27-28-22(21-8-6-7-9-25(21)36-28)12-18(2)34(27)17-29(3,4)32;1-4-17-14-37(15-17)9-10-39-18-11-21(30)25(22(31)12-18)27-26-20(19-7-5-6-8-23(19)36-26)13-24(29(33,34)35)38(27)16-28(2,3)32;1-5-19-15-33(16-19)10-11-35-20-13-23(30)26(24(31)14-20)27-28-22(21-8-6-7-9-25(21)36-28)12-18(2)34(27)17-29(3,4)32;/h6-7,11-13,17-18,28,34H,5,8-10,14-16H2,1-4H3;6-9,13-14,18-19,27H,5,10-12,15-17H2,1-4H3;5-8,11-12,17,24,27,36H,4,9-10,13-16H2,1-3H3;6-9,13-14,18-19,27H,5,10-12,15-17H2,1-4H3;1H4. The minimum absolute atomic E-state index is 0. The van der Waals surface area contributed by atoms with Gasteiger partial charge in [0.2, 0.25) is 0 Å². The van der Waals surface area contributed by atoms with E-state index in [9.17, 15) is 26.3 Å². The van der Waals surface area contributed by atoms with Crippen LogP contribution in [0.25, 0.3) is 43.7 Å². The SMILES string of the molecule is C.CCC1CN(CCOc2cc(Cl)c(C3c4[nH]c5ccc(F)cc5c4CC(C)N3CC(C)(C)F)c(Cl)c2)C1.CCC1CN(CCOc2cc(Cl)c(C3c4oc5ccccc5c4CC(C)N3CC(C)(C)F)c(Cl)c2)C1.CCC1CN(CCOc2cc(F)c(C3c4[nH]c5ccccc5c4CC(C(F)(F)F)N3CC(C)(C)F)c(F)c2)C1.CCC1CN(CCOc2cc(F)c(C3c4oc5ccccc5c4CC(C)N3CC(C)(C)F)c(F)c2)C1. The molecule has 2 N–H and O–H groups in total. The molecule has 0 amide bonds. The quantitative estimate of drug-likeness (QED) is 0.0389. The van der Waals surface area contributed by atoms with Gasteiger partial charge in [0, 0.05) is 224 Å². The summed E-state index contributed by atoms with van der Waals surface area (Å²) in [7, 11) is 0. The van der Waals surface area contributed by atoms with Crippen molar-refractivity contribution in [2.75, 3.05) is 131 Å². The van der Waals surface area contributed by atoms with Gasteiger partial charge in [-0.2, -0.15) is 13.2 Å². The lowest BCUT2D eigenvalue weighted by Crippen LogP contribution is -2.55. The van der Waals surface area contributed by atoms with E-state index in [2.05, 4.69) is 87.0 Å². The molecule has 8 atom stereocenters. The summed E-state index contributed by atoms with van der Waals surface area (Å²) in [6.45, 7) is 39.7. The number of furan rings is 2. The van der Waals surface area contributed by atoms with Gasteiger partial charge in [-0.15, -0.1) is 0 Å². The highest BCUT2D eigenvalue weighted by Crippen LogP contribution is 2.54. The molecule has 8 aromatic carbocycles. The van der Waals surface area contributed by atoms with E-state index >= 15 is 26.3 Å². The molecule has 20 rings (SSSR count). The van der Waals surface area contributed by atoms with Crippen molar-refractivity contribution in [3.8, 4) is 23.0 Å². The summed E-state index contributed by atoms with van der Waals surface area (Å²) in [4.78, 5) is 22.7. The molecule has 0 aliphatic carbocycles. The van der Waals surface area contributed by atoms with Crippen LogP contribution in [0.4, 0.5) is 52.7 Å². The van der Waals surface area contributed by atoms with Gasteiger partial charge in [-0.3, -0.25) is 39.2 Å². The van der Waals surface area contributed by atoms with Crippen LogP contribution in [0.3, 0.4) is 0 Å². The Bertz CT molecular complexity index is 6360. The monoisotopic (exact) mass is 2150 g/mol. The fraction of sp³-hybridized carbons (Fsp3) is 0.521. The molecule has 32 heteroatoms. The van der Waals surface area contributed by atoms with E-state index in [1.807, 2.05) is 66.4 Å². The van der Waals surface area contributed by atoms with Crippen LogP contribution >= 0.6 is 46.4 Å². The summed E-state index contributed by atoms with van der Waals surface area (Å²) in [6, 6.07) is 33.5. The molecule has 8 aliphatic rings. The predicted molar refractivity (Wildman–Crippen MR) is 572 cm³/mol. The average Bonchev–Trinajstić information content (AvgIpc) is 1.62. The van der Waals surface area contributed by atoms with Crippen LogP contribution in [0.2, 0.25) is 20.1 Å². The number of likely N-dealkylation sites (tertiary alicyclic amines) is 4. The molecule has 4 aromatic heterocycles. The van der Waals surface area contributed by atoms with Gasteiger partial charge in [-0.1, -0.05) is 162 Å². The highest BCUT2D eigenvalue weighted by atomic mass is 35.5. The number of nitrogens with zero attached hydrogens (tertiary/aromatic N) is 8. The number of H-pyrrole nitrogens is 2. The fourth-order valence-electron chi connectivity index (χ4n) is 23.1. The van der Waals surface area contributed by atoms with Gasteiger partial charge in [0.15, 0.2) is 0 Å². The predicted octanol–water partition coefficient (Wildman–Crippen LogP) is 28.9. The Balaban J connectivity index is 0.000000141. The first-order valence-electron chi connectivity index (χ1n) is 52.3. The zero-order valence-electron chi connectivity index (χ0n) is 87.1. The number of aromatic amines is 2. The molecule has 808 valence electrons. The van der Waals surface area contributed by atoms with Crippen LogP contribution in [0, 0.1) is 52.8 Å². The topological polar surface area (TPSA) is 121 Å². The van der Waals surface area contributed by atoms with Crippen LogP contribution in [-0.4, -0.2) is 233 Å². The molecule has 0 bridgehead atoms. The van der Waals surface area contributed by atoms with E-state index < -0.39 is 101 Å². The molecule has 0 radical (unpaired) electrons. The number of para-hydroxylation sites is 3. The van der Waals surface area contributed by atoms with Crippen molar-refractivity contribution in [2.24, 2.45) is 23.7 Å². The first-order chi connectivity index (χ1) is 70.2. The molecule has 0 saturated carbocycles. The maximum atomic E-state index is 15.7. The Morgan fingerprint density at radius 1 is 0.342 bits per heavy atom. The highest BCUT2D eigenvalue weighted by Gasteiger charge is 2.54. The summed E-state index contributed by atoms with van der Waals surface area (Å²) in [5.41, 5.74) is 1.69. The van der Waals surface area contributed by atoms with Crippen molar-refractivity contribution in [1.29, 1.82) is 0 Å². The lowest BCUT2D eigenvalue weighted by Gasteiger charge is -2.44. The van der Waals surface area contributed by atoms with Crippen LogP contribution in [0.15, 0.2) is 148 Å². The molecule has 0 spiro atoms. The van der Waals surface area contributed by atoms with Gasteiger partial charge >= 0.3 is 6.18 Å². The molecule has 8 aliphatic heterocycles. The molecule has 4 fully saturated rings. The number of halogens is 16. The second kappa shape index (κ2) is 46.4. The Morgan fingerprint density at radius 2 is 0.638 bits per heavy atom. The van der Waals surface area contributed by atoms with Crippen molar-refractivity contribution < 1.29 is 80.5 Å². The molecule has 4 saturated heterocycles. The van der Waals surface area contributed by atoms with Gasteiger partial charge < -0.3 is 37.7 Å². The third-order valence-corrected chi connectivity index (χ3v) is 31.9. The number of alkyl halides is 7. The van der Waals surface area contributed by atoms with Crippen LogP contribution < -0.4 is 18.9 Å². The van der Waals surface area contributed by atoms with Gasteiger partial charge in [0.05, 0.1) is 38.2 Å². The zero-order valence-corrected chi connectivity index (χ0v) is 90.1. The summed E-state index contributed by atoms with van der Waals surface area (Å²) in [5, 5.41) is 5.34. The second-order valence-corrected chi connectivity index (χ2v) is 46.1. The number of rotatable bonds is 32. The Kier molecular flexibility index (Phi) is 35.1. The number of fused-ring (bicyclic) bond motifs is 12. The molecular weight excluding hydrogens is 2010 g/mol. The van der Waals surface area contributed by atoms with Crippen LogP contribution in [0.1, 0.15) is 229 Å². The smallest absolute Gasteiger partial charge is 0.404 e. The van der Waals surface area contributed by atoms with Crippen molar-refractivity contribution in [1.82, 2.24) is 49.2 Å². The number of hydrogen-bond acceptors (Lipinski definition) is 14. The van der Waals surface area contributed by atoms with Crippen molar-refractivity contribution >= 4 is 90.1 Å². The molecule has 8 unspecified atom stereocenters. The van der Waals surface area contributed by atoms with Crippen molar-refractivity contribution in [2.45, 2.75) is 240 Å². The van der Waals surface area contributed by atoms with Crippen molar-refractivity contribution in [3.63, 3.8) is 0 Å². The highest BCUT2D eigenvalue weighted by molar-refractivity contribution is 6.37. The Labute approximate surface area is 888 Å². The van der Waals surface area contributed by atoms with Gasteiger partial charge in [-0.25, -0.2) is 39.5 Å². The third kappa shape index (κ3) is 25.7. The summed E-state index contributed by atoms with van der Waals surface area (Å²) < 4.78 is 216. The third-order valence-electron chi connectivity index (χ3n) is 30.6. The van der Waals surface area contributed by atoms with Gasteiger partial charge in [-0.05, 0) is 197 Å². The van der Waals surface area contributed by atoms with E-state index in [-0.39, 0.29) is 80.4 Å². The van der Waals surface area contributed by atoms with Crippen LogP contribution in [0.5, 0.6) is 23.0 Å². The molecule has 149 heavy (non-hydrogen) atoms. The number of aromatic nitrogens is 2. The van der Waals surface area contributed by atoms with Gasteiger partial charge in [0.1, 0.15) is 136 Å². The van der Waals surface area contributed by atoms with E-state index in [1.165, 1.54) is 51.3 Å². The normalized spacial score (nSPS) is 21.3. The minimum Gasteiger partial charge on any atom is -0.492 e. The van der Waals surface area contributed by atoms with E-state index in [1.54, 1.807) is 76.2 Å². The summed E-state index contributed by atoms with van der Waals surface area (Å²) in [6.07, 6.45) is 1.53. The summed E-state index contributed by atoms with van der Waals surface area (Å²) in [5.74, 6) is 1.84. The Morgan fingerprint density at radius 3 is 1.00 bits per heavy atom. The number of hydrogen-bond donors (Lipinski definition) is 2. The van der Waals surface area contributed by atoms with Crippen molar-refractivity contribution in [3.05, 3.63) is 256 Å². The number of ether oxygens (including phenoxy) is 4. The molecular formula is C117H142Cl4F12N10O6. The lowest BCUT2D eigenvalue weighted by atomic mass is 9.86. The maximum absolute atomic E-state index is 15.7. The number of benzene rings is 8. The Hall–Kier alpha value is -8.88. The van der Waals surface area contributed by atoms with E-state index in [4.69, 9.17) is 74.2 Å². The average molecular weight is 2150 g/mol. The van der Waals surface area contributed by atoms with Crippen LogP contribution in [-0.2, 0) is 25.7 Å². The zero-order chi connectivity index (χ0) is 106. The first-order valence-corrected chi connectivity index (χ1v) is 53.8. The van der Waals surface area contributed by atoms with Gasteiger partial charge in [0.25, 0.3) is 0 Å². The van der Waals surface area contributed by atoms with E-state index in [0.717, 1.165) is 194 Å². The maximum Gasteiger partial charge on any atom is 0.404 e. The summed E-state index contributed by atoms with van der Waals surface area (Å²) >= 11 is 27.6. The number of nitrogens with one attached hydrogen (secondary N) is 2. The molecule has 12 aromatic rings.